The van der Waals surface area contributed by atoms with Crippen LogP contribution in [0.2, 0.25) is 0 Å². The highest BCUT2D eigenvalue weighted by Gasteiger charge is 2.29. The van der Waals surface area contributed by atoms with Gasteiger partial charge < -0.3 is 10.2 Å². The summed E-state index contributed by atoms with van der Waals surface area (Å²) < 4.78 is 0. The number of benzene rings is 2. The molecule has 4 nitrogen and oxygen atoms in total. The summed E-state index contributed by atoms with van der Waals surface area (Å²) in [6, 6.07) is 14.0. The maximum Gasteiger partial charge on any atom is 0.254 e. The second-order valence-electron chi connectivity index (χ2n) is 7.63. The minimum Gasteiger partial charge on any atom is -0.353 e. The van der Waals surface area contributed by atoms with Gasteiger partial charge >= 0.3 is 0 Å². The zero-order valence-corrected chi connectivity index (χ0v) is 15.9. The molecule has 1 saturated heterocycles. The van der Waals surface area contributed by atoms with Crippen LogP contribution in [0.4, 0.5) is 0 Å². The van der Waals surface area contributed by atoms with Crippen LogP contribution in [0.5, 0.6) is 0 Å². The van der Waals surface area contributed by atoms with Gasteiger partial charge in [-0.3, -0.25) is 9.59 Å². The highest BCUT2D eigenvalue weighted by Crippen LogP contribution is 2.24. The molecule has 0 aliphatic carbocycles. The number of nitrogens with zero attached hydrogens (tertiary/aromatic N) is 1. The molecule has 1 aliphatic heterocycles. The van der Waals surface area contributed by atoms with Crippen molar-refractivity contribution in [1.82, 2.24) is 10.2 Å². The number of rotatable bonds is 4. The summed E-state index contributed by atoms with van der Waals surface area (Å²) in [6.07, 6.45) is 1.46. The number of carbonyl (C=O) groups excluding carboxylic acids is 2. The Balaban J connectivity index is 1.64. The van der Waals surface area contributed by atoms with E-state index in [0.717, 1.165) is 29.2 Å². The predicted octanol–water partition coefficient (Wildman–Crippen LogP) is 3.85. The van der Waals surface area contributed by atoms with Gasteiger partial charge in [-0.25, -0.2) is 0 Å². The first-order valence-electron chi connectivity index (χ1n) is 9.54. The maximum absolute atomic E-state index is 13.0. The van der Waals surface area contributed by atoms with Crippen molar-refractivity contribution in [2.75, 3.05) is 13.1 Å². The van der Waals surface area contributed by atoms with E-state index >= 15 is 0 Å². The van der Waals surface area contributed by atoms with Gasteiger partial charge in [0.2, 0.25) is 5.91 Å². The van der Waals surface area contributed by atoms with Crippen LogP contribution in [-0.4, -0.2) is 35.8 Å². The molecular formula is C22H28N2O2. The van der Waals surface area contributed by atoms with Gasteiger partial charge in [0.05, 0.1) is 0 Å². The van der Waals surface area contributed by atoms with E-state index < -0.39 is 0 Å². The summed E-state index contributed by atoms with van der Waals surface area (Å²) in [4.78, 5) is 27.3. The molecule has 3 rings (SSSR count). The molecule has 4 heteroatoms. The standard InChI is InChI=1S/C22H28N2O2/c1-15(2)16(3)23-21(25)18-11-13-24(14-12-18)22(26)20-10-6-8-17-7-4-5-9-19(17)20/h4-10,15-16,18H,11-14H2,1-3H3,(H,23,25). The van der Waals surface area contributed by atoms with E-state index in [9.17, 15) is 9.59 Å². The molecule has 0 aromatic heterocycles. The fourth-order valence-electron chi connectivity index (χ4n) is 3.44. The van der Waals surface area contributed by atoms with Crippen molar-refractivity contribution in [1.29, 1.82) is 0 Å². The molecular weight excluding hydrogens is 324 g/mol. The minimum absolute atomic E-state index is 0.00719. The largest absolute Gasteiger partial charge is 0.353 e. The van der Waals surface area contributed by atoms with Crippen molar-refractivity contribution in [3.8, 4) is 0 Å². The lowest BCUT2D eigenvalue weighted by Gasteiger charge is -2.32. The van der Waals surface area contributed by atoms with E-state index in [1.165, 1.54) is 0 Å². The van der Waals surface area contributed by atoms with Crippen LogP contribution in [0, 0.1) is 11.8 Å². The minimum atomic E-state index is 0.00719. The molecule has 0 bridgehead atoms. The van der Waals surface area contributed by atoms with Crippen LogP contribution in [0.1, 0.15) is 44.0 Å². The van der Waals surface area contributed by atoms with Crippen LogP contribution >= 0.6 is 0 Å². The van der Waals surface area contributed by atoms with Crippen molar-refractivity contribution < 1.29 is 9.59 Å². The zero-order chi connectivity index (χ0) is 18.7. The maximum atomic E-state index is 13.0. The summed E-state index contributed by atoms with van der Waals surface area (Å²) in [5.41, 5.74) is 0.749. The molecule has 26 heavy (non-hydrogen) atoms. The Kier molecular flexibility index (Phi) is 5.60. The molecule has 1 aliphatic rings. The van der Waals surface area contributed by atoms with E-state index in [-0.39, 0.29) is 23.8 Å². The lowest BCUT2D eigenvalue weighted by Crippen LogP contribution is -2.45. The fourth-order valence-corrected chi connectivity index (χ4v) is 3.44. The molecule has 1 unspecified atom stereocenters. The van der Waals surface area contributed by atoms with Crippen molar-refractivity contribution in [2.45, 2.75) is 39.7 Å². The lowest BCUT2D eigenvalue weighted by atomic mass is 9.94. The summed E-state index contributed by atoms with van der Waals surface area (Å²) in [7, 11) is 0. The van der Waals surface area contributed by atoms with Crippen LogP contribution in [0.25, 0.3) is 10.8 Å². The first-order chi connectivity index (χ1) is 12.5. The van der Waals surface area contributed by atoms with Crippen LogP contribution in [-0.2, 0) is 4.79 Å². The van der Waals surface area contributed by atoms with Gasteiger partial charge in [-0.15, -0.1) is 0 Å². The SMILES string of the molecule is CC(C)C(C)NC(=O)C1CCN(C(=O)c2cccc3ccccc23)CC1. The van der Waals surface area contributed by atoms with E-state index in [1.54, 1.807) is 0 Å². The smallest absolute Gasteiger partial charge is 0.254 e. The second-order valence-corrected chi connectivity index (χ2v) is 7.63. The van der Waals surface area contributed by atoms with Gasteiger partial charge in [0.15, 0.2) is 0 Å². The number of hydrogen-bond acceptors (Lipinski definition) is 2. The van der Waals surface area contributed by atoms with E-state index in [0.29, 0.717) is 19.0 Å². The number of fused-ring (bicyclic) bond motifs is 1. The van der Waals surface area contributed by atoms with Crippen LogP contribution < -0.4 is 5.32 Å². The Morgan fingerprint density at radius 2 is 1.65 bits per heavy atom. The van der Waals surface area contributed by atoms with Gasteiger partial charge in [0.25, 0.3) is 5.91 Å². The number of piperidine rings is 1. The van der Waals surface area contributed by atoms with Crippen molar-refractivity contribution in [2.24, 2.45) is 11.8 Å². The second kappa shape index (κ2) is 7.90. The molecule has 1 heterocycles. The monoisotopic (exact) mass is 352 g/mol. The molecule has 2 amide bonds. The normalized spacial score (nSPS) is 16.7. The Morgan fingerprint density at radius 1 is 1.00 bits per heavy atom. The molecule has 2 aromatic rings. The van der Waals surface area contributed by atoms with Gasteiger partial charge in [0.1, 0.15) is 0 Å². The lowest BCUT2D eigenvalue weighted by molar-refractivity contribution is -0.127. The quantitative estimate of drug-likeness (QED) is 0.908. The highest BCUT2D eigenvalue weighted by molar-refractivity contribution is 6.07. The van der Waals surface area contributed by atoms with E-state index in [1.807, 2.05) is 54.3 Å². The topological polar surface area (TPSA) is 49.4 Å². The number of amides is 2. The molecule has 0 radical (unpaired) electrons. The van der Waals surface area contributed by atoms with Crippen LogP contribution in [0.3, 0.4) is 0 Å². The van der Waals surface area contributed by atoms with E-state index in [4.69, 9.17) is 0 Å². The summed E-state index contributed by atoms with van der Waals surface area (Å²) in [5.74, 6) is 0.624. The van der Waals surface area contributed by atoms with Crippen molar-refractivity contribution >= 4 is 22.6 Å². The van der Waals surface area contributed by atoms with Gasteiger partial charge in [-0.2, -0.15) is 0 Å². The Labute approximate surface area is 155 Å². The van der Waals surface area contributed by atoms with Gasteiger partial charge in [0, 0.05) is 30.6 Å². The van der Waals surface area contributed by atoms with Gasteiger partial charge in [-0.1, -0.05) is 50.2 Å². The Morgan fingerprint density at radius 3 is 2.35 bits per heavy atom. The zero-order valence-electron chi connectivity index (χ0n) is 15.9. The Hall–Kier alpha value is -2.36. The average Bonchev–Trinajstić information content (AvgIpc) is 2.67. The first kappa shape index (κ1) is 18.4. The third-order valence-electron chi connectivity index (χ3n) is 5.54. The molecule has 1 fully saturated rings. The molecule has 138 valence electrons. The number of likely N-dealkylation sites (tertiary alicyclic amines) is 1. The number of carbonyl (C=O) groups is 2. The molecule has 1 atom stereocenters. The fraction of sp³-hybridized carbons (Fsp3) is 0.455. The third-order valence-corrected chi connectivity index (χ3v) is 5.54. The summed E-state index contributed by atoms with van der Waals surface area (Å²) >= 11 is 0. The Bertz CT molecular complexity index is 786. The van der Waals surface area contributed by atoms with Crippen molar-refractivity contribution in [3.05, 3.63) is 48.0 Å². The third kappa shape index (κ3) is 3.90. The summed E-state index contributed by atoms with van der Waals surface area (Å²) in [6.45, 7) is 7.53. The average molecular weight is 352 g/mol. The first-order valence-corrected chi connectivity index (χ1v) is 9.54. The van der Waals surface area contributed by atoms with Gasteiger partial charge in [-0.05, 0) is 42.5 Å². The highest BCUT2D eigenvalue weighted by atomic mass is 16.2. The van der Waals surface area contributed by atoms with Crippen molar-refractivity contribution in [3.63, 3.8) is 0 Å². The number of hydrogen-bond donors (Lipinski definition) is 1. The predicted molar refractivity (Wildman–Crippen MR) is 105 cm³/mol. The van der Waals surface area contributed by atoms with Crippen LogP contribution in [0.15, 0.2) is 42.5 Å². The van der Waals surface area contributed by atoms with E-state index in [2.05, 4.69) is 19.2 Å². The molecule has 0 saturated carbocycles. The molecule has 1 N–H and O–H groups in total. The molecule has 0 spiro atoms. The molecule has 2 aromatic carbocycles. The number of nitrogens with one attached hydrogen (secondary N) is 1. The summed E-state index contributed by atoms with van der Waals surface area (Å²) in [5, 5.41) is 5.18.